The first kappa shape index (κ1) is 10.3. The van der Waals surface area contributed by atoms with Crippen LogP contribution in [0.15, 0.2) is 0 Å². The molecule has 1 unspecified atom stereocenters. The van der Waals surface area contributed by atoms with Crippen molar-refractivity contribution in [2.75, 3.05) is 13.1 Å². The van der Waals surface area contributed by atoms with Crippen molar-refractivity contribution >= 4 is 6.09 Å². The summed E-state index contributed by atoms with van der Waals surface area (Å²) in [5.41, 5.74) is -1.14. The molecule has 1 saturated heterocycles. The van der Waals surface area contributed by atoms with E-state index < -0.39 is 11.7 Å². The number of nitrogens with zero attached hydrogens (tertiary/aromatic N) is 1. The maximum Gasteiger partial charge on any atom is 0.407 e. The highest BCUT2D eigenvalue weighted by Gasteiger charge is 2.46. The molecule has 0 aromatic rings. The van der Waals surface area contributed by atoms with Crippen LogP contribution in [0.1, 0.15) is 27.2 Å². The Morgan fingerprint density at radius 3 is 2.23 bits per heavy atom. The van der Waals surface area contributed by atoms with Gasteiger partial charge in [0.05, 0.1) is 12.1 Å². The fourth-order valence-electron chi connectivity index (χ4n) is 1.57. The lowest BCUT2D eigenvalue weighted by Crippen LogP contribution is -2.45. The lowest BCUT2D eigenvalue weighted by Gasteiger charge is -2.36. The van der Waals surface area contributed by atoms with E-state index in [0.29, 0.717) is 13.0 Å². The Morgan fingerprint density at radius 1 is 1.46 bits per heavy atom. The largest absolute Gasteiger partial charge is 0.465 e. The summed E-state index contributed by atoms with van der Waals surface area (Å²) in [4.78, 5) is 11.9. The zero-order valence-electron chi connectivity index (χ0n) is 8.37. The maximum absolute atomic E-state index is 10.6. The van der Waals surface area contributed by atoms with Crippen molar-refractivity contribution in [3.05, 3.63) is 0 Å². The van der Waals surface area contributed by atoms with Crippen LogP contribution in [0.5, 0.6) is 0 Å². The van der Waals surface area contributed by atoms with Gasteiger partial charge in [0.15, 0.2) is 0 Å². The normalized spacial score (nSPS) is 29.4. The van der Waals surface area contributed by atoms with Crippen molar-refractivity contribution in [1.82, 2.24) is 4.90 Å². The number of amides is 1. The smallest absolute Gasteiger partial charge is 0.407 e. The van der Waals surface area contributed by atoms with Crippen LogP contribution in [0, 0.1) is 5.41 Å². The summed E-state index contributed by atoms with van der Waals surface area (Å²) >= 11 is 0. The standard InChI is InChI=1S/C9H17NO3/c1-8(2,3)9(13)4-5-10(6-9)7(11)12/h13H,4-6H2,1-3H3,(H,11,12). The van der Waals surface area contributed by atoms with Gasteiger partial charge >= 0.3 is 6.09 Å². The van der Waals surface area contributed by atoms with E-state index in [1.807, 2.05) is 20.8 Å². The lowest BCUT2D eigenvalue weighted by atomic mass is 9.76. The number of aliphatic hydroxyl groups is 1. The molecule has 1 amide bonds. The van der Waals surface area contributed by atoms with Gasteiger partial charge in [-0.25, -0.2) is 4.79 Å². The van der Waals surface area contributed by atoms with E-state index in [1.54, 1.807) is 0 Å². The summed E-state index contributed by atoms with van der Waals surface area (Å²) in [5, 5.41) is 18.9. The van der Waals surface area contributed by atoms with Crippen molar-refractivity contribution < 1.29 is 15.0 Å². The van der Waals surface area contributed by atoms with Gasteiger partial charge < -0.3 is 15.1 Å². The molecule has 1 fully saturated rings. The highest BCUT2D eigenvalue weighted by Crippen LogP contribution is 2.37. The van der Waals surface area contributed by atoms with Gasteiger partial charge in [0.2, 0.25) is 0 Å². The van der Waals surface area contributed by atoms with Crippen LogP contribution in [-0.4, -0.2) is 39.9 Å². The third-order valence-electron chi connectivity index (χ3n) is 2.91. The number of carbonyl (C=O) groups is 1. The summed E-state index contributed by atoms with van der Waals surface area (Å²) in [7, 11) is 0. The van der Waals surface area contributed by atoms with Gasteiger partial charge in [-0.05, 0) is 11.8 Å². The van der Waals surface area contributed by atoms with Gasteiger partial charge in [-0.15, -0.1) is 0 Å². The number of hydrogen-bond donors (Lipinski definition) is 2. The van der Waals surface area contributed by atoms with Crippen LogP contribution in [-0.2, 0) is 0 Å². The third-order valence-corrected chi connectivity index (χ3v) is 2.91. The summed E-state index contributed by atoms with van der Waals surface area (Å²) in [5.74, 6) is 0. The van der Waals surface area contributed by atoms with E-state index in [9.17, 15) is 9.90 Å². The number of rotatable bonds is 0. The molecule has 0 saturated carbocycles. The molecule has 4 nitrogen and oxygen atoms in total. The van der Waals surface area contributed by atoms with Crippen LogP contribution >= 0.6 is 0 Å². The number of likely N-dealkylation sites (tertiary alicyclic amines) is 1. The molecule has 2 N–H and O–H groups in total. The molecule has 0 aromatic carbocycles. The van der Waals surface area contributed by atoms with Crippen molar-refractivity contribution in [3.63, 3.8) is 0 Å². The molecule has 1 atom stereocenters. The fraction of sp³-hybridized carbons (Fsp3) is 0.889. The number of carboxylic acid groups (broad SMARTS) is 1. The van der Waals surface area contributed by atoms with E-state index in [2.05, 4.69) is 0 Å². The second kappa shape index (κ2) is 2.87. The molecule has 0 radical (unpaired) electrons. The van der Waals surface area contributed by atoms with Gasteiger partial charge in [0, 0.05) is 6.54 Å². The fourth-order valence-corrected chi connectivity index (χ4v) is 1.57. The minimum absolute atomic E-state index is 0.228. The van der Waals surface area contributed by atoms with E-state index in [4.69, 9.17) is 5.11 Å². The monoisotopic (exact) mass is 187 g/mol. The predicted molar refractivity (Wildman–Crippen MR) is 48.6 cm³/mol. The predicted octanol–water partition coefficient (Wildman–Crippen LogP) is 1.15. The zero-order chi connectivity index (χ0) is 10.3. The molecule has 1 aliphatic heterocycles. The van der Waals surface area contributed by atoms with E-state index in [0.717, 1.165) is 0 Å². The van der Waals surface area contributed by atoms with Crippen molar-refractivity contribution in [1.29, 1.82) is 0 Å². The average molecular weight is 187 g/mol. The first-order valence-corrected chi connectivity index (χ1v) is 4.46. The Bertz CT molecular complexity index is 221. The Morgan fingerprint density at radius 2 is 2.00 bits per heavy atom. The van der Waals surface area contributed by atoms with Crippen LogP contribution in [0.4, 0.5) is 4.79 Å². The Labute approximate surface area is 78.2 Å². The third kappa shape index (κ3) is 1.77. The lowest BCUT2D eigenvalue weighted by molar-refractivity contribution is -0.0462. The van der Waals surface area contributed by atoms with Gasteiger partial charge in [-0.3, -0.25) is 0 Å². The molecule has 0 spiro atoms. The topological polar surface area (TPSA) is 60.8 Å². The second-order valence-electron chi connectivity index (χ2n) is 4.74. The molecule has 13 heavy (non-hydrogen) atoms. The van der Waals surface area contributed by atoms with E-state index >= 15 is 0 Å². The molecule has 1 rings (SSSR count). The number of hydrogen-bond acceptors (Lipinski definition) is 2. The van der Waals surface area contributed by atoms with Gasteiger partial charge in [0.1, 0.15) is 0 Å². The SMILES string of the molecule is CC(C)(C)C1(O)CCN(C(=O)O)C1. The molecule has 4 heteroatoms. The van der Waals surface area contributed by atoms with Crippen molar-refractivity contribution in [2.24, 2.45) is 5.41 Å². The maximum atomic E-state index is 10.6. The highest BCUT2D eigenvalue weighted by atomic mass is 16.4. The highest BCUT2D eigenvalue weighted by molar-refractivity contribution is 5.65. The van der Waals surface area contributed by atoms with E-state index in [1.165, 1.54) is 4.90 Å². The molecule has 76 valence electrons. The van der Waals surface area contributed by atoms with Gasteiger partial charge in [-0.1, -0.05) is 20.8 Å². The zero-order valence-corrected chi connectivity index (χ0v) is 8.37. The molecule has 1 heterocycles. The molecule has 0 aromatic heterocycles. The Balaban J connectivity index is 2.72. The molecular weight excluding hydrogens is 170 g/mol. The minimum Gasteiger partial charge on any atom is -0.465 e. The summed E-state index contributed by atoms with van der Waals surface area (Å²) in [6.45, 7) is 6.45. The first-order chi connectivity index (χ1) is 5.76. The van der Waals surface area contributed by atoms with Crippen molar-refractivity contribution in [2.45, 2.75) is 32.8 Å². The molecule has 0 aliphatic carbocycles. The Kier molecular flexibility index (Phi) is 2.28. The quantitative estimate of drug-likeness (QED) is 0.598. The molecule has 0 bridgehead atoms. The minimum atomic E-state index is -0.944. The average Bonchev–Trinajstić information content (AvgIpc) is 2.31. The molecular formula is C9H17NO3. The first-order valence-electron chi connectivity index (χ1n) is 4.46. The van der Waals surface area contributed by atoms with Crippen LogP contribution in [0.3, 0.4) is 0 Å². The van der Waals surface area contributed by atoms with Gasteiger partial charge in [0.25, 0.3) is 0 Å². The van der Waals surface area contributed by atoms with Crippen LogP contribution in [0.2, 0.25) is 0 Å². The summed E-state index contributed by atoms with van der Waals surface area (Å²) in [6, 6.07) is 0. The number of β-amino-alcohol motifs (C(OH)–C–C–N with tert-alkyl or cyclic N) is 1. The Hall–Kier alpha value is -0.770. The summed E-state index contributed by atoms with van der Waals surface area (Å²) < 4.78 is 0. The van der Waals surface area contributed by atoms with Crippen LogP contribution in [0.25, 0.3) is 0 Å². The van der Waals surface area contributed by atoms with Gasteiger partial charge in [-0.2, -0.15) is 0 Å². The van der Waals surface area contributed by atoms with Crippen LogP contribution < -0.4 is 0 Å². The molecule has 1 aliphatic rings. The van der Waals surface area contributed by atoms with Crippen molar-refractivity contribution in [3.8, 4) is 0 Å². The summed E-state index contributed by atoms with van der Waals surface area (Å²) in [6.07, 6.45) is -0.414. The van der Waals surface area contributed by atoms with E-state index in [-0.39, 0.29) is 12.0 Å². The second-order valence-corrected chi connectivity index (χ2v) is 4.74.